The Labute approximate surface area is 224 Å². The van der Waals surface area contributed by atoms with E-state index in [4.69, 9.17) is 0 Å². The lowest BCUT2D eigenvalue weighted by molar-refractivity contribution is -0.119. The fourth-order valence-corrected chi connectivity index (χ4v) is 9.82. The van der Waals surface area contributed by atoms with Crippen molar-refractivity contribution in [3.05, 3.63) is 121 Å². The highest BCUT2D eigenvalue weighted by molar-refractivity contribution is 7.95. The summed E-state index contributed by atoms with van der Waals surface area (Å²) in [5, 5.41) is 3.90. The molecule has 0 aliphatic carbocycles. The van der Waals surface area contributed by atoms with Crippen LogP contribution >= 0.6 is 7.26 Å². The first-order valence-corrected chi connectivity index (χ1v) is 15.1. The van der Waals surface area contributed by atoms with Gasteiger partial charge in [0.1, 0.15) is 23.2 Å². The van der Waals surface area contributed by atoms with Crippen LogP contribution in [0.2, 0.25) is 0 Å². The summed E-state index contributed by atoms with van der Waals surface area (Å²) in [4.78, 5) is 12.6. The summed E-state index contributed by atoms with van der Waals surface area (Å²) in [6.45, 7) is 0. The van der Waals surface area contributed by atoms with E-state index < -0.39 is 23.2 Å². The number of unbranched alkanes of at least 4 members (excludes halogenated alkanes) is 1. The number of carbonyl (C=O) groups excluding carboxylic acids is 1. The van der Waals surface area contributed by atoms with Crippen LogP contribution in [0.15, 0.2) is 126 Å². The zero-order valence-electron chi connectivity index (χ0n) is 19.8. The third kappa shape index (κ3) is 6.50. The highest BCUT2D eigenvalue weighted by atomic mass is 79.9. The molecule has 4 aromatic carbocycles. The maximum Gasteiger partial charge on any atom is 0.264 e. The Morgan fingerprint density at radius 3 is 1.42 bits per heavy atom. The quantitative estimate of drug-likeness (QED) is 0.229. The van der Waals surface area contributed by atoms with Crippen LogP contribution in [0.25, 0.3) is 0 Å². The van der Waals surface area contributed by atoms with E-state index in [2.05, 4.69) is 77.5 Å². The third-order valence-corrected chi connectivity index (χ3v) is 12.0. The second kappa shape index (κ2) is 13.0. The second-order valence-corrected chi connectivity index (χ2v) is 13.6. The van der Waals surface area contributed by atoms with E-state index in [0.29, 0.717) is 6.42 Å². The molecule has 7 heteroatoms. The molecule has 0 saturated heterocycles. The van der Waals surface area contributed by atoms with E-state index >= 15 is 0 Å². The highest BCUT2D eigenvalue weighted by Gasteiger charge is 2.44. The summed E-state index contributed by atoms with van der Waals surface area (Å²) in [5.74, 6) is -0.475. The van der Waals surface area contributed by atoms with E-state index in [0.717, 1.165) is 12.6 Å². The molecular formula is C29H29BrNO3PS. The predicted octanol–water partition coefficient (Wildman–Crippen LogP) is 1.66. The molecule has 0 heterocycles. The number of amides is 1. The van der Waals surface area contributed by atoms with Crippen LogP contribution in [0.3, 0.4) is 0 Å². The number of hydrogen-bond acceptors (Lipinski definition) is 3. The smallest absolute Gasteiger partial charge is 0.264 e. The lowest BCUT2D eigenvalue weighted by Crippen LogP contribution is -3.00. The molecule has 0 atom stereocenters. The summed E-state index contributed by atoms with van der Waals surface area (Å²) in [6.07, 6.45) is 2.45. The number of hydrogen-bond donors (Lipinski definition) is 1. The van der Waals surface area contributed by atoms with Gasteiger partial charge in [-0.05, 0) is 61.4 Å². The molecule has 36 heavy (non-hydrogen) atoms. The number of sulfonamides is 1. The number of nitrogens with one attached hydrogen (secondary N) is 1. The SMILES string of the molecule is O=C(CCCC[P+](c1ccccc1)(c1ccccc1)c1ccccc1)NS(=O)(=O)c1ccccc1.[Br-]. The molecule has 0 spiro atoms. The van der Waals surface area contributed by atoms with Gasteiger partial charge in [0.05, 0.1) is 11.1 Å². The average molecular weight is 583 g/mol. The van der Waals surface area contributed by atoms with Crippen molar-refractivity contribution in [3.8, 4) is 0 Å². The Hall–Kier alpha value is -2.79. The minimum atomic E-state index is -3.85. The molecule has 0 aliphatic heterocycles. The first-order valence-electron chi connectivity index (χ1n) is 11.7. The van der Waals surface area contributed by atoms with E-state index in [1.54, 1.807) is 18.2 Å². The Balaban J connectivity index is 0.00000361. The molecule has 0 aliphatic rings. The van der Waals surface area contributed by atoms with Gasteiger partial charge in [0.2, 0.25) is 5.91 Å². The van der Waals surface area contributed by atoms with Crippen molar-refractivity contribution in [2.75, 3.05) is 6.16 Å². The van der Waals surface area contributed by atoms with Crippen molar-refractivity contribution in [2.45, 2.75) is 24.2 Å². The summed E-state index contributed by atoms with van der Waals surface area (Å²) >= 11 is 0. The number of rotatable bonds is 10. The normalized spacial score (nSPS) is 11.3. The Bertz CT molecular complexity index is 1240. The van der Waals surface area contributed by atoms with Gasteiger partial charge in [-0.3, -0.25) is 4.79 Å². The number of benzene rings is 4. The molecule has 0 aromatic heterocycles. The van der Waals surface area contributed by atoms with Gasteiger partial charge in [0, 0.05) is 6.42 Å². The monoisotopic (exact) mass is 581 g/mol. The Morgan fingerprint density at radius 2 is 1.00 bits per heavy atom. The molecule has 1 N–H and O–H groups in total. The largest absolute Gasteiger partial charge is 1.00 e. The van der Waals surface area contributed by atoms with Crippen LogP contribution in [-0.2, 0) is 14.8 Å². The Kier molecular flexibility index (Phi) is 10.0. The average Bonchev–Trinajstić information content (AvgIpc) is 2.91. The summed E-state index contributed by atoms with van der Waals surface area (Å²) in [7, 11) is -5.80. The molecule has 0 saturated carbocycles. The maximum absolute atomic E-state index is 12.5. The minimum Gasteiger partial charge on any atom is -1.00 e. The van der Waals surface area contributed by atoms with Gasteiger partial charge in [-0.1, -0.05) is 72.8 Å². The van der Waals surface area contributed by atoms with Crippen molar-refractivity contribution in [1.82, 2.24) is 4.72 Å². The predicted molar refractivity (Wildman–Crippen MR) is 146 cm³/mol. The summed E-state index contributed by atoms with van der Waals surface area (Å²) in [5.41, 5.74) is 0. The number of halogens is 1. The molecule has 0 unspecified atom stereocenters. The maximum atomic E-state index is 12.5. The molecule has 4 aromatic rings. The van der Waals surface area contributed by atoms with Gasteiger partial charge >= 0.3 is 0 Å². The van der Waals surface area contributed by atoms with Gasteiger partial charge in [-0.25, -0.2) is 13.1 Å². The standard InChI is InChI=1S/C29H28NO3PS.BrH/c31-29(30-35(32,33)28-21-11-4-12-22-28)23-13-14-24-34(25-15-5-1-6-16-25,26-17-7-2-8-18-26)27-19-9-3-10-20-27;/h1-12,15-22H,13-14,23-24H2;1H. The zero-order valence-corrected chi connectivity index (χ0v) is 23.1. The van der Waals surface area contributed by atoms with E-state index in [1.807, 2.05) is 18.2 Å². The first-order chi connectivity index (χ1) is 17.0. The van der Waals surface area contributed by atoms with Crippen molar-refractivity contribution < 1.29 is 30.2 Å². The Morgan fingerprint density at radius 1 is 0.611 bits per heavy atom. The second-order valence-electron chi connectivity index (χ2n) is 8.34. The fourth-order valence-electron chi connectivity index (χ4n) is 4.38. The van der Waals surface area contributed by atoms with E-state index in [9.17, 15) is 13.2 Å². The van der Waals surface area contributed by atoms with Crippen LogP contribution < -0.4 is 37.6 Å². The topological polar surface area (TPSA) is 63.2 Å². The van der Waals surface area contributed by atoms with Crippen LogP contribution in [0, 0.1) is 0 Å². The zero-order chi connectivity index (χ0) is 24.6. The van der Waals surface area contributed by atoms with E-state index in [1.165, 1.54) is 28.0 Å². The molecule has 0 fully saturated rings. The third-order valence-electron chi connectivity index (χ3n) is 6.04. The van der Waals surface area contributed by atoms with Crippen molar-refractivity contribution in [2.24, 2.45) is 0 Å². The van der Waals surface area contributed by atoms with Crippen LogP contribution in [-0.4, -0.2) is 20.5 Å². The molecule has 186 valence electrons. The summed E-state index contributed by atoms with van der Waals surface area (Å²) < 4.78 is 27.1. The molecule has 1 amide bonds. The molecule has 4 rings (SSSR count). The van der Waals surface area contributed by atoms with Crippen molar-refractivity contribution >= 4 is 39.1 Å². The highest BCUT2D eigenvalue weighted by Crippen LogP contribution is 2.55. The van der Waals surface area contributed by atoms with E-state index in [-0.39, 0.29) is 28.3 Å². The molecule has 0 radical (unpaired) electrons. The van der Waals surface area contributed by atoms with Crippen molar-refractivity contribution in [3.63, 3.8) is 0 Å². The van der Waals surface area contributed by atoms with Gasteiger partial charge in [-0.15, -0.1) is 0 Å². The number of carbonyl (C=O) groups is 1. The van der Waals surface area contributed by atoms with Gasteiger partial charge < -0.3 is 17.0 Å². The summed E-state index contributed by atoms with van der Waals surface area (Å²) in [6, 6.07) is 39.8. The van der Waals surface area contributed by atoms with Gasteiger partial charge in [-0.2, -0.15) is 0 Å². The van der Waals surface area contributed by atoms with Gasteiger partial charge in [0.25, 0.3) is 10.0 Å². The molecule has 4 nitrogen and oxygen atoms in total. The van der Waals surface area contributed by atoms with Crippen LogP contribution in [0.1, 0.15) is 19.3 Å². The van der Waals surface area contributed by atoms with Gasteiger partial charge in [0.15, 0.2) is 0 Å². The van der Waals surface area contributed by atoms with Crippen LogP contribution in [0.4, 0.5) is 0 Å². The van der Waals surface area contributed by atoms with Crippen molar-refractivity contribution in [1.29, 1.82) is 0 Å². The lowest BCUT2D eigenvalue weighted by atomic mass is 10.2. The van der Waals surface area contributed by atoms with Crippen LogP contribution in [0.5, 0.6) is 0 Å². The molecule has 0 bridgehead atoms. The lowest BCUT2D eigenvalue weighted by Gasteiger charge is -2.27. The fraction of sp³-hybridized carbons (Fsp3) is 0.138. The first kappa shape index (κ1) is 27.8. The minimum absolute atomic E-state index is 0. The molecular weight excluding hydrogens is 553 g/mol.